The van der Waals surface area contributed by atoms with Gasteiger partial charge in [-0.15, -0.1) is 0 Å². The van der Waals surface area contributed by atoms with E-state index in [-0.39, 0.29) is 0 Å². The average Bonchev–Trinajstić information content (AvgIpc) is 2.58. The quantitative estimate of drug-likeness (QED) is 0.870. The van der Waals surface area contributed by atoms with E-state index in [0.29, 0.717) is 6.04 Å². The minimum atomic E-state index is 0.595. The number of benzene rings is 1. The first-order valence-electron chi connectivity index (χ1n) is 6.45. The zero-order chi connectivity index (χ0) is 12.3. The smallest absolute Gasteiger partial charge is 0.0455 e. The Labute approximate surface area is 109 Å². The van der Waals surface area contributed by atoms with Crippen LogP contribution in [0.3, 0.4) is 0 Å². The lowest BCUT2D eigenvalue weighted by molar-refractivity contribution is 0.528. The Bertz CT molecular complexity index is 378. The maximum atomic E-state index is 6.20. The van der Waals surface area contributed by atoms with Gasteiger partial charge >= 0.3 is 0 Å². The number of rotatable bonds is 2. The Hall–Kier alpha value is -0.730. The van der Waals surface area contributed by atoms with Gasteiger partial charge in [-0.2, -0.15) is 0 Å². The molecule has 0 bridgehead atoms. The van der Waals surface area contributed by atoms with Crippen molar-refractivity contribution in [1.82, 2.24) is 5.32 Å². The van der Waals surface area contributed by atoms with Crippen molar-refractivity contribution in [3.05, 3.63) is 28.8 Å². The topological polar surface area (TPSA) is 15.3 Å². The first-order valence-corrected chi connectivity index (χ1v) is 6.83. The molecule has 1 unspecified atom stereocenters. The van der Waals surface area contributed by atoms with Crippen molar-refractivity contribution in [3.8, 4) is 0 Å². The van der Waals surface area contributed by atoms with E-state index < -0.39 is 0 Å². The van der Waals surface area contributed by atoms with Crippen molar-refractivity contribution < 1.29 is 0 Å². The van der Waals surface area contributed by atoms with Crippen molar-refractivity contribution in [2.45, 2.75) is 32.7 Å². The molecule has 0 saturated carbocycles. The normalized spacial score (nSPS) is 21.4. The summed E-state index contributed by atoms with van der Waals surface area (Å²) < 4.78 is 0. The van der Waals surface area contributed by atoms with E-state index >= 15 is 0 Å². The summed E-state index contributed by atoms with van der Waals surface area (Å²) in [5, 5.41) is 4.45. The standard InChI is InChI=1S/C14H21ClN2/c1-3-12-10-17(8-4-7-16-12)13-6-5-11(2)14(15)9-13/h5-6,9,12,16H,3-4,7-8,10H2,1-2H3. The lowest BCUT2D eigenvalue weighted by atomic mass is 10.1. The second-order valence-corrected chi connectivity index (χ2v) is 5.20. The number of aryl methyl sites for hydroxylation is 1. The van der Waals surface area contributed by atoms with Crippen molar-refractivity contribution >= 4 is 17.3 Å². The van der Waals surface area contributed by atoms with Gasteiger partial charge in [0.15, 0.2) is 0 Å². The molecule has 2 nitrogen and oxygen atoms in total. The fraction of sp³-hybridized carbons (Fsp3) is 0.571. The lowest BCUT2D eigenvalue weighted by Gasteiger charge is -2.26. The predicted molar refractivity (Wildman–Crippen MR) is 75.1 cm³/mol. The van der Waals surface area contributed by atoms with Gasteiger partial charge in [0.2, 0.25) is 0 Å². The van der Waals surface area contributed by atoms with Crippen LogP contribution < -0.4 is 10.2 Å². The van der Waals surface area contributed by atoms with Crippen LogP contribution in [-0.4, -0.2) is 25.7 Å². The summed E-state index contributed by atoms with van der Waals surface area (Å²) in [6.45, 7) is 7.60. The summed E-state index contributed by atoms with van der Waals surface area (Å²) in [5.74, 6) is 0. The number of nitrogens with zero attached hydrogens (tertiary/aromatic N) is 1. The molecular weight excluding hydrogens is 232 g/mol. The van der Waals surface area contributed by atoms with E-state index in [1.807, 2.05) is 6.92 Å². The second kappa shape index (κ2) is 5.74. The number of hydrogen-bond donors (Lipinski definition) is 1. The minimum Gasteiger partial charge on any atom is -0.370 e. The Kier molecular flexibility index (Phi) is 4.30. The summed E-state index contributed by atoms with van der Waals surface area (Å²) in [7, 11) is 0. The fourth-order valence-electron chi connectivity index (χ4n) is 2.28. The third-order valence-corrected chi connectivity index (χ3v) is 3.90. The van der Waals surface area contributed by atoms with Crippen LogP contribution in [0.1, 0.15) is 25.3 Å². The molecule has 1 aromatic rings. The monoisotopic (exact) mass is 252 g/mol. The van der Waals surface area contributed by atoms with Crippen LogP contribution in [-0.2, 0) is 0 Å². The number of hydrogen-bond acceptors (Lipinski definition) is 2. The van der Waals surface area contributed by atoms with E-state index in [2.05, 4.69) is 35.3 Å². The molecule has 94 valence electrons. The number of nitrogens with one attached hydrogen (secondary N) is 1. The summed E-state index contributed by atoms with van der Waals surface area (Å²) >= 11 is 6.20. The zero-order valence-electron chi connectivity index (χ0n) is 10.7. The minimum absolute atomic E-state index is 0.595. The molecule has 0 radical (unpaired) electrons. The molecule has 1 aliphatic rings. The van der Waals surface area contributed by atoms with Gasteiger partial charge < -0.3 is 10.2 Å². The third-order valence-electron chi connectivity index (χ3n) is 3.49. The van der Waals surface area contributed by atoms with Gasteiger partial charge in [0, 0.05) is 29.8 Å². The highest BCUT2D eigenvalue weighted by Gasteiger charge is 2.16. The van der Waals surface area contributed by atoms with Crippen LogP contribution in [0.5, 0.6) is 0 Å². The van der Waals surface area contributed by atoms with Crippen LogP contribution >= 0.6 is 11.6 Å². The first-order chi connectivity index (χ1) is 8.20. The maximum absolute atomic E-state index is 6.20. The van der Waals surface area contributed by atoms with Gasteiger partial charge in [0.1, 0.15) is 0 Å². The van der Waals surface area contributed by atoms with Gasteiger partial charge in [0.25, 0.3) is 0 Å². The summed E-state index contributed by atoms with van der Waals surface area (Å²) in [6, 6.07) is 6.98. The van der Waals surface area contributed by atoms with Crippen LogP contribution in [0.4, 0.5) is 5.69 Å². The Morgan fingerprint density at radius 1 is 1.47 bits per heavy atom. The van der Waals surface area contributed by atoms with E-state index in [4.69, 9.17) is 11.6 Å². The van der Waals surface area contributed by atoms with Crippen molar-refractivity contribution in [3.63, 3.8) is 0 Å². The molecule has 1 atom stereocenters. The molecule has 1 fully saturated rings. The molecule has 1 aromatic carbocycles. The van der Waals surface area contributed by atoms with E-state index in [0.717, 1.165) is 30.2 Å². The lowest BCUT2D eigenvalue weighted by Crippen LogP contribution is -2.37. The average molecular weight is 253 g/mol. The molecular formula is C14H21ClN2. The van der Waals surface area contributed by atoms with Crippen molar-refractivity contribution in [2.24, 2.45) is 0 Å². The maximum Gasteiger partial charge on any atom is 0.0455 e. The fourth-order valence-corrected chi connectivity index (χ4v) is 2.46. The predicted octanol–water partition coefficient (Wildman–Crippen LogP) is 3.23. The molecule has 17 heavy (non-hydrogen) atoms. The molecule has 0 aliphatic carbocycles. The van der Waals surface area contributed by atoms with Crippen LogP contribution in [0.2, 0.25) is 5.02 Å². The molecule has 0 amide bonds. The van der Waals surface area contributed by atoms with Crippen molar-refractivity contribution in [2.75, 3.05) is 24.5 Å². The summed E-state index contributed by atoms with van der Waals surface area (Å²) in [4.78, 5) is 2.44. The SMILES string of the molecule is CCC1CN(c2ccc(C)c(Cl)c2)CCCN1. The molecule has 1 N–H and O–H groups in total. The molecule has 1 heterocycles. The molecule has 1 saturated heterocycles. The molecule has 0 spiro atoms. The molecule has 3 heteroatoms. The van der Waals surface area contributed by atoms with Gasteiger partial charge in [-0.05, 0) is 44.0 Å². The second-order valence-electron chi connectivity index (χ2n) is 4.79. The highest BCUT2D eigenvalue weighted by molar-refractivity contribution is 6.31. The van der Waals surface area contributed by atoms with E-state index in [9.17, 15) is 0 Å². The summed E-state index contributed by atoms with van der Waals surface area (Å²) in [6.07, 6.45) is 2.37. The van der Waals surface area contributed by atoms with Crippen LogP contribution in [0, 0.1) is 6.92 Å². The van der Waals surface area contributed by atoms with E-state index in [1.165, 1.54) is 18.5 Å². The third kappa shape index (κ3) is 3.14. The van der Waals surface area contributed by atoms with Crippen LogP contribution in [0.25, 0.3) is 0 Å². The molecule has 0 aromatic heterocycles. The Morgan fingerprint density at radius 2 is 2.29 bits per heavy atom. The molecule has 1 aliphatic heterocycles. The van der Waals surface area contributed by atoms with Gasteiger partial charge in [0.05, 0.1) is 0 Å². The highest BCUT2D eigenvalue weighted by atomic mass is 35.5. The van der Waals surface area contributed by atoms with Gasteiger partial charge in [-0.25, -0.2) is 0 Å². The number of anilines is 1. The van der Waals surface area contributed by atoms with Crippen LogP contribution in [0.15, 0.2) is 18.2 Å². The zero-order valence-corrected chi connectivity index (χ0v) is 11.4. The van der Waals surface area contributed by atoms with Gasteiger partial charge in [-0.3, -0.25) is 0 Å². The highest BCUT2D eigenvalue weighted by Crippen LogP contribution is 2.24. The summed E-state index contributed by atoms with van der Waals surface area (Å²) in [5.41, 5.74) is 2.40. The Morgan fingerprint density at radius 3 is 3.00 bits per heavy atom. The van der Waals surface area contributed by atoms with Gasteiger partial charge in [-0.1, -0.05) is 24.6 Å². The van der Waals surface area contributed by atoms with E-state index in [1.54, 1.807) is 0 Å². The van der Waals surface area contributed by atoms with Crippen molar-refractivity contribution in [1.29, 1.82) is 0 Å². The largest absolute Gasteiger partial charge is 0.370 e. The Balaban J connectivity index is 2.16. The molecule has 2 rings (SSSR count). The first kappa shape index (κ1) is 12.7. The number of halogens is 1.